The van der Waals surface area contributed by atoms with Crippen molar-refractivity contribution in [1.82, 2.24) is 0 Å². The smallest absolute Gasteiger partial charge is 0.841 e. The summed E-state index contributed by atoms with van der Waals surface area (Å²) in [5.41, 5.74) is -0.119. The normalized spacial score (nSPS) is 11.9. The second-order valence-corrected chi connectivity index (χ2v) is 5.75. The van der Waals surface area contributed by atoms with Gasteiger partial charge >= 0.3 is 23.1 Å². The average Bonchev–Trinajstić information content (AvgIpc) is 2.67. The van der Waals surface area contributed by atoms with Crippen molar-refractivity contribution in [2.75, 3.05) is 0 Å². The first-order valence-corrected chi connectivity index (χ1v) is 8.01. The van der Waals surface area contributed by atoms with Crippen molar-refractivity contribution in [2.24, 2.45) is 0 Å². The number of hydrogen-bond donors (Lipinski definition) is 0. The Balaban J connectivity index is 0.00000243. The van der Waals surface area contributed by atoms with Gasteiger partial charge in [-0.05, 0) is 11.2 Å². The van der Waals surface area contributed by atoms with Gasteiger partial charge in [-0.2, -0.15) is 0 Å². The topological polar surface area (TPSA) is 55.3 Å². The van der Waals surface area contributed by atoms with Crippen molar-refractivity contribution in [3.63, 3.8) is 0 Å². The van der Waals surface area contributed by atoms with Crippen LogP contribution >= 0.6 is 0 Å². The zero-order chi connectivity index (χ0) is 17.7. The van der Waals surface area contributed by atoms with Gasteiger partial charge in [0.2, 0.25) is 0 Å². The summed E-state index contributed by atoms with van der Waals surface area (Å²) in [5.74, 6) is -0.735. The summed E-state index contributed by atoms with van der Waals surface area (Å²) in [7, 11) is 0. The molecule has 0 aromatic heterocycles. The van der Waals surface area contributed by atoms with E-state index in [0.717, 1.165) is 0 Å². The fourth-order valence-electron chi connectivity index (χ4n) is 2.99. The van der Waals surface area contributed by atoms with Crippen molar-refractivity contribution in [2.45, 2.75) is 11.7 Å². The van der Waals surface area contributed by atoms with Crippen molar-refractivity contribution in [1.29, 1.82) is 0 Å². The maximum Gasteiger partial charge on any atom is 2.00 e. The third-order valence-electron chi connectivity index (χ3n) is 4.13. The van der Waals surface area contributed by atoms with E-state index in [9.17, 15) is 10.2 Å². The molecule has 0 aliphatic rings. The van der Waals surface area contributed by atoms with Crippen LogP contribution in [0.4, 0.5) is 0 Å². The first-order chi connectivity index (χ1) is 12.1. The molecule has 3 rings (SSSR count). The molecule has 4 heteroatoms. The van der Waals surface area contributed by atoms with E-state index in [1.54, 1.807) is 60.7 Å². The molecule has 0 aliphatic heterocycles. The number of rotatable bonds is 6. The minimum Gasteiger partial charge on any atom is -0.841 e. The van der Waals surface area contributed by atoms with Crippen LogP contribution in [0.5, 0.6) is 0 Å². The van der Waals surface area contributed by atoms with Crippen molar-refractivity contribution in [3.8, 4) is 0 Å². The molecule has 0 unspecified atom stereocenters. The number of benzene rings is 3. The first kappa shape index (κ1) is 20.0. The molecule has 0 radical (unpaired) electrons. The molecule has 0 spiro atoms. The maximum atomic E-state index is 14.2. The predicted octanol–water partition coefficient (Wildman–Crippen LogP) is 2.50. The number of hydrogen-bond acceptors (Lipinski definition) is 3. The van der Waals surface area contributed by atoms with Gasteiger partial charge < -0.3 is 14.9 Å². The Morgan fingerprint density at radius 2 is 1.15 bits per heavy atom. The van der Waals surface area contributed by atoms with Crippen LogP contribution in [0.25, 0.3) is 0 Å². The van der Waals surface area contributed by atoms with Crippen LogP contribution in [0.2, 0.25) is 0 Å². The fraction of sp³-hybridized carbons (Fsp3) is 0.0909. The van der Waals surface area contributed by atoms with Gasteiger partial charge in [-0.25, -0.2) is 0 Å². The Labute approximate surface area is 169 Å². The molecule has 0 saturated carbocycles. The SMILES string of the molecule is C=C([O-])O[C@@H](c1ccccc1)C([O-])(c1ccccc1)c1ccccc1.[Mg+2]. The van der Waals surface area contributed by atoms with E-state index >= 15 is 0 Å². The van der Waals surface area contributed by atoms with Crippen LogP contribution in [-0.4, -0.2) is 23.1 Å². The zero-order valence-electron chi connectivity index (χ0n) is 14.4. The molecule has 0 saturated heterocycles. The molecule has 126 valence electrons. The maximum absolute atomic E-state index is 14.2. The van der Waals surface area contributed by atoms with Crippen molar-refractivity contribution >= 4 is 23.1 Å². The van der Waals surface area contributed by atoms with E-state index in [1.165, 1.54) is 0 Å². The Morgan fingerprint density at radius 1 is 0.769 bits per heavy atom. The molecule has 0 bridgehead atoms. The average molecular weight is 355 g/mol. The quantitative estimate of drug-likeness (QED) is 0.505. The molecular weight excluding hydrogens is 337 g/mol. The van der Waals surface area contributed by atoms with Gasteiger partial charge in [0, 0.05) is 12.0 Å². The summed E-state index contributed by atoms with van der Waals surface area (Å²) >= 11 is 0. The van der Waals surface area contributed by atoms with Crippen LogP contribution in [0.3, 0.4) is 0 Å². The third-order valence-corrected chi connectivity index (χ3v) is 4.13. The second kappa shape index (κ2) is 8.90. The third kappa shape index (κ3) is 4.10. The Morgan fingerprint density at radius 3 is 1.54 bits per heavy atom. The van der Waals surface area contributed by atoms with Gasteiger partial charge in [0.1, 0.15) is 0 Å². The molecule has 0 heterocycles. The molecule has 3 nitrogen and oxygen atoms in total. The van der Waals surface area contributed by atoms with Crippen molar-refractivity contribution in [3.05, 3.63) is 120 Å². The van der Waals surface area contributed by atoms with E-state index in [0.29, 0.717) is 16.7 Å². The standard InChI is InChI=1S/C22H19O3.Mg/c1-17(23)25-21(18-11-5-2-6-12-18)22(24,19-13-7-3-8-14-19)20-15-9-4-10-16-20;/h2-16,21,23H,1H2;/q-1;+2/p-1/t21-;/m0./s1. The minimum absolute atomic E-state index is 0. The van der Waals surface area contributed by atoms with Crippen LogP contribution in [0.1, 0.15) is 22.8 Å². The molecule has 26 heavy (non-hydrogen) atoms. The van der Waals surface area contributed by atoms with E-state index in [1.807, 2.05) is 30.3 Å². The summed E-state index contributed by atoms with van der Waals surface area (Å²) in [4.78, 5) is 0. The Kier molecular flexibility index (Phi) is 6.86. The monoisotopic (exact) mass is 354 g/mol. The molecule has 0 fully saturated rings. The molecule has 3 aromatic rings. The van der Waals surface area contributed by atoms with Gasteiger partial charge in [-0.1, -0.05) is 109 Å². The predicted molar refractivity (Wildman–Crippen MR) is 98.8 cm³/mol. The minimum atomic E-state index is -1.79. The summed E-state index contributed by atoms with van der Waals surface area (Å²) in [6.07, 6.45) is -1.04. The first-order valence-electron chi connectivity index (χ1n) is 8.01. The largest absolute Gasteiger partial charge is 2.00 e. The summed E-state index contributed by atoms with van der Waals surface area (Å²) in [6, 6.07) is 27.0. The molecule has 3 aromatic carbocycles. The summed E-state index contributed by atoms with van der Waals surface area (Å²) in [6.45, 7) is 3.30. The molecular formula is C22H18MgO3. The van der Waals surface area contributed by atoms with Gasteiger partial charge in [0.25, 0.3) is 0 Å². The fourth-order valence-corrected chi connectivity index (χ4v) is 2.99. The van der Waals surface area contributed by atoms with Crippen LogP contribution in [0.15, 0.2) is 104 Å². The van der Waals surface area contributed by atoms with Gasteiger partial charge in [-0.3, -0.25) is 0 Å². The van der Waals surface area contributed by atoms with Crippen molar-refractivity contribution < 1.29 is 14.9 Å². The second-order valence-electron chi connectivity index (χ2n) is 5.75. The summed E-state index contributed by atoms with van der Waals surface area (Å²) < 4.78 is 5.45. The van der Waals surface area contributed by atoms with Crippen LogP contribution in [-0.2, 0) is 10.3 Å². The molecule has 1 atom stereocenters. The zero-order valence-corrected chi connectivity index (χ0v) is 15.8. The van der Waals surface area contributed by atoms with E-state index < -0.39 is 17.7 Å². The molecule has 0 amide bonds. The molecule has 0 aliphatic carbocycles. The Hall–Kier alpha value is -2.27. The Bertz CT molecular complexity index is 780. The van der Waals surface area contributed by atoms with Gasteiger partial charge in [0.05, 0.1) is 0 Å². The van der Waals surface area contributed by atoms with Gasteiger partial charge in [0.15, 0.2) is 0 Å². The van der Waals surface area contributed by atoms with E-state index in [4.69, 9.17) is 4.74 Å². The van der Waals surface area contributed by atoms with Crippen LogP contribution < -0.4 is 10.2 Å². The van der Waals surface area contributed by atoms with E-state index in [2.05, 4.69) is 6.58 Å². The van der Waals surface area contributed by atoms with E-state index in [-0.39, 0.29) is 23.1 Å². The van der Waals surface area contributed by atoms with Gasteiger partial charge in [-0.15, -0.1) is 0 Å². The number of ether oxygens (including phenoxy) is 1. The molecule has 0 N–H and O–H groups in total. The van der Waals surface area contributed by atoms with Crippen LogP contribution in [0, 0.1) is 0 Å². The summed E-state index contributed by atoms with van der Waals surface area (Å²) in [5, 5.41) is 25.9.